The van der Waals surface area contributed by atoms with Crippen LogP contribution < -0.4 is 0 Å². The Labute approximate surface area is 358 Å². The first-order valence-corrected chi connectivity index (χ1v) is 23.7. The molecule has 10 nitrogen and oxygen atoms in total. The van der Waals surface area contributed by atoms with Crippen molar-refractivity contribution < 1.29 is 49.0 Å². The van der Waals surface area contributed by atoms with E-state index < -0.39 is 49.4 Å². The van der Waals surface area contributed by atoms with E-state index in [0.29, 0.717) is 12.8 Å². The number of hydrogen-bond donors (Lipinski definition) is 4. The molecule has 342 valence electrons. The van der Waals surface area contributed by atoms with E-state index in [0.717, 1.165) is 64.2 Å². The lowest BCUT2D eigenvalue weighted by atomic mass is 9.99. The van der Waals surface area contributed by atoms with Crippen LogP contribution in [0.1, 0.15) is 194 Å². The van der Waals surface area contributed by atoms with E-state index in [-0.39, 0.29) is 32.0 Å². The summed E-state index contributed by atoms with van der Waals surface area (Å²) in [6.45, 7) is 3.36. The highest BCUT2D eigenvalue weighted by atomic mass is 16.7. The largest absolute Gasteiger partial charge is 0.462 e. The zero-order valence-electron chi connectivity index (χ0n) is 37.2. The van der Waals surface area contributed by atoms with Gasteiger partial charge in [0, 0.05) is 12.8 Å². The van der Waals surface area contributed by atoms with Gasteiger partial charge >= 0.3 is 11.9 Å². The van der Waals surface area contributed by atoms with E-state index >= 15 is 0 Å². The number of aliphatic hydroxyl groups is 4. The zero-order chi connectivity index (χ0) is 43.0. The maximum absolute atomic E-state index is 12.8. The Morgan fingerprint density at radius 2 is 0.949 bits per heavy atom. The molecule has 0 bridgehead atoms. The number of hydrogen-bond acceptors (Lipinski definition) is 10. The number of esters is 2. The fourth-order valence-corrected chi connectivity index (χ4v) is 6.89. The van der Waals surface area contributed by atoms with Gasteiger partial charge in [-0.3, -0.25) is 9.59 Å². The summed E-state index contributed by atoms with van der Waals surface area (Å²) in [5, 5.41) is 40.1. The zero-order valence-corrected chi connectivity index (χ0v) is 37.2. The fourth-order valence-electron chi connectivity index (χ4n) is 6.89. The van der Waals surface area contributed by atoms with Crippen LogP contribution in [-0.4, -0.2) is 89.0 Å². The minimum atomic E-state index is -1.60. The van der Waals surface area contributed by atoms with Crippen molar-refractivity contribution in [1.29, 1.82) is 0 Å². The van der Waals surface area contributed by atoms with Gasteiger partial charge in [0.25, 0.3) is 0 Å². The Morgan fingerprint density at radius 1 is 0.525 bits per heavy atom. The summed E-state index contributed by atoms with van der Waals surface area (Å²) in [4.78, 5) is 25.4. The van der Waals surface area contributed by atoms with Gasteiger partial charge in [0.2, 0.25) is 0 Å². The van der Waals surface area contributed by atoms with Crippen LogP contribution in [-0.2, 0) is 28.5 Å². The Hall–Kier alpha value is -2.34. The van der Waals surface area contributed by atoms with Crippen LogP contribution in [0, 0.1) is 0 Å². The van der Waals surface area contributed by atoms with E-state index in [1.54, 1.807) is 0 Å². The molecule has 0 aromatic rings. The maximum Gasteiger partial charge on any atom is 0.306 e. The number of ether oxygens (including phenoxy) is 4. The molecule has 0 spiro atoms. The van der Waals surface area contributed by atoms with Gasteiger partial charge in [-0.05, 0) is 77.0 Å². The fraction of sp³-hybridized carbons (Fsp3) is 0.796. The third kappa shape index (κ3) is 31.2. The first-order valence-electron chi connectivity index (χ1n) is 23.7. The molecule has 59 heavy (non-hydrogen) atoms. The molecule has 0 aromatic heterocycles. The standard InChI is InChI=1S/C49H86O10/c1-3-5-7-9-11-13-15-17-19-21-23-25-27-29-31-33-35-37-44(51)56-40-42(41-57-49-48(55)47(54)46(53)43(39-50)59-49)58-45(52)38-36-34-32-30-28-26-24-22-20-18-16-14-12-10-8-6-4-2/h11-14,17-20,42-43,46-50,53-55H,3-10,15-16,21-41H2,1-2H3/b13-11-,14-12-,19-17-,20-18-. The van der Waals surface area contributed by atoms with E-state index in [2.05, 4.69) is 62.5 Å². The average Bonchev–Trinajstić information content (AvgIpc) is 3.23. The third-order valence-electron chi connectivity index (χ3n) is 10.7. The lowest BCUT2D eigenvalue weighted by Gasteiger charge is -2.39. The summed E-state index contributed by atoms with van der Waals surface area (Å²) in [7, 11) is 0. The van der Waals surface area contributed by atoms with Crippen molar-refractivity contribution in [3.63, 3.8) is 0 Å². The number of rotatable bonds is 39. The normalized spacial score (nSPS) is 20.4. The molecule has 0 aromatic carbocycles. The molecule has 1 aliphatic heterocycles. The molecule has 6 unspecified atom stereocenters. The summed E-state index contributed by atoms with van der Waals surface area (Å²) in [5.74, 6) is -0.824. The summed E-state index contributed by atoms with van der Waals surface area (Å²) < 4.78 is 22.2. The Bertz CT molecular complexity index is 1100. The van der Waals surface area contributed by atoms with Crippen molar-refractivity contribution >= 4 is 11.9 Å². The van der Waals surface area contributed by atoms with Crippen LogP contribution >= 0.6 is 0 Å². The molecule has 0 saturated carbocycles. The molecule has 1 aliphatic rings. The predicted octanol–water partition coefficient (Wildman–Crippen LogP) is 10.4. The number of allylic oxidation sites excluding steroid dienone is 8. The molecule has 10 heteroatoms. The number of aliphatic hydroxyl groups excluding tert-OH is 4. The monoisotopic (exact) mass is 835 g/mol. The van der Waals surface area contributed by atoms with Crippen molar-refractivity contribution in [2.45, 2.75) is 230 Å². The summed E-state index contributed by atoms with van der Waals surface area (Å²) in [6.07, 6.45) is 39.6. The van der Waals surface area contributed by atoms with Gasteiger partial charge in [-0.2, -0.15) is 0 Å². The molecule has 0 aliphatic carbocycles. The minimum absolute atomic E-state index is 0.218. The third-order valence-corrected chi connectivity index (χ3v) is 10.7. The van der Waals surface area contributed by atoms with Crippen LogP contribution in [0.2, 0.25) is 0 Å². The first kappa shape index (κ1) is 54.7. The predicted molar refractivity (Wildman–Crippen MR) is 238 cm³/mol. The second kappa shape index (κ2) is 39.8. The highest BCUT2D eigenvalue weighted by Gasteiger charge is 2.44. The highest BCUT2D eigenvalue weighted by Crippen LogP contribution is 2.22. The van der Waals surface area contributed by atoms with Crippen LogP contribution in [0.5, 0.6) is 0 Å². The first-order chi connectivity index (χ1) is 28.8. The summed E-state index contributed by atoms with van der Waals surface area (Å²) >= 11 is 0. The lowest BCUT2D eigenvalue weighted by molar-refractivity contribution is -0.305. The minimum Gasteiger partial charge on any atom is -0.462 e. The van der Waals surface area contributed by atoms with Crippen LogP contribution in [0.15, 0.2) is 48.6 Å². The van der Waals surface area contributed by atoms with Crippen molar-refractivity contribution in [3.8, 4) is 0 Å². The lowest BCUT2D eigenvalue weighted by Crippen LogP contribution is -2.59. The number of carbonyl (C=O) groups excluding carboxylic acids is 2. The van der Waals surface area contributed by atoms with Gasteiger partial charge < -0.3 is 39.4 Å². The summed E-state index contributed by atoms with van der Waals surface area (Å²) in [5.41, 5.74) is 0. The van der Waals surface area contributed by atoms with Gasteiger partial charge in [0.1, 0.15) is 31.0 Å². The molecular weight excluding hydrogens is 749 g/mol. The van der Waals surface area contributed by atoms with Crippen LogP contribution in [0.25, 0.3) is 0 Å². The van der Waals surface area contributed by atoms with Crippen molar-refractivity contribution in [2.24, 2.45) is 0 Å². The second-order valence-corrected chi connectivity index (χ2v) is 16.2. The van der Waals surface area contributed by atoms with Crippen LogP contribution in [0.4, 0.5) is 0 Å². The average molecular weight is 835 g/mol. The van der Waals surface area contributed by atoms with Gasteiger partial charge in [0.05, 0.1) is 13.2 Å². The summed E-state index contributed by atoms with van der Waals surface area (Å²) in [6, 6.07) is 0. The van der Waals surface area contributed by atoms with Gasteiger partial charge in [0.15, 0.2) is 12.4 Å². The molecule has 0 radical (unpaired) electrons. The van der Waals surface area contributed by atoms with E-state index in [9.17, 15) is 30.0 Å². The Morgan fingerprint density at radius 3 is 1.41 bits per heavy atom. The van der Waals surface area contributed by atoms with E-state index in [1.807, 2.05) is 0 Å². The molecule has 4 N–H and O–H groups in total. The second-order valence-electron chi connectivity index (χ2n) is 16.2. The number of unbranched alkanes of at least 4 members (excludes halogenated alkanes) is 20. The van der Waals surface area contributed by atoms with Gasteiger partial charge in [-0.25, -0.2) is 0 Å². The molecule has 1 rings (SSSR count). The molecule has 0 amide bonds. The SMILES string of the molecule is CCCCC/C=C\C/C=C\CCCCCCCCCC(=O)OCC(COC1OC(CO)C(O)C(O)C1O)OC(=O)CCCCCCCCC/C=C\C/C=C\CCCCC. The van der Waals surface area contributed by atoms with Crippen molar-refractivity contribution in [2.75, 3.05) is 19.8 Å². The Kier molecular flexibility index (Phi) is 36.9. The van der Waals surface area contributed by atoms with E-state index in [4.69, 9.17) is 18.9 Å². The van der Waals surface area contributed by atoms with Gasteiger partial charge in [-0.1, -0.05) is 152 Å². The quantitative estimate of drug-likeness (QED) is 0.0267. The molecule has 6 atom stereocenters. The smallest absolute Gasteiger partial charge is 0.306 e. The topological polar surface area (TPSA) is 152 Å². The molecular formula is C49H86O10. The Balaban J connectivity index is 2.32. The maximum atomic E-state index is 12.8. The number of carbonyl (C=O) groups is 2. The van der Waals surface area contributed by atoms with Crippen molar-refractivity contribution in [1.82, 2.24) is 0 Å². The molecule has 1 fully saturated rings. The van der Waals surface area contributed by atoms with Gasteiger partial charge in [-0.15, -0.1) is 0 Å². The highest BCUT2D eigenvalue weighted by molar-refractivity contribution is 5.70. The molecule has 1 saturated heterocycles. The van der Waals surface area contributed by atoms with Crippen molar-refractivity contribution in [3.05, 3.63) is 48.6 Å². The van der Waals surface area contributed by atoms with Crippen LogP contribution in [0.3, 0.4) is 0 Å². The molecule has 1 heterocycles. The van der Waals surface area contributed by atoms with E-state index in [1.165, 1.54) is 89.9 Å².